The molecule has 0 rings (SSSR count). The molecule has 0 aliphatic carbocycles. The average molecular weight is 443 g/mol. The molecule has 0 aliphatic heterocycles. The number of carbonyl (C=O) groups excluding carboxylic acids is 1. The normalized spacial score (nSPS) is 9.83. The number of aliphatic hydroxyl groups excluding tert-OH is 2. The van der Waals surface area contributed by atoms with Crippen LogP contribution in [0.3, 0.4) is 0 Å². The van der Waals surface area contributed by atoms with E-state index in [0.29, 0.717) is 13.1 Å². The Morgan fingerprint density at radius 2 is 1.10 bits per heavy atom. The van der Waals surface area contributed by atoms with Crippen LogP contribution in [0.2, 0.25) is 0 Å². The third-order valence-electron chi connectivity index (χ3n) is 3.90. The molecule has 0 aromatic rings. The number of carbonyl (C=O) groups is 1. The van der Waals surface area contributed by atoms with Crippen molar-refractivity contribution in [2.24, 2.45) is 11.5 Å². The van der Waals surface area contributed by atoms with Gasteiger partial charge in [0.05, 0.1) is 13.2 Å². The molecule has 170 valence electrons. The predicted octanol–water partition coefficient (Wildman–Crippen LogP) is -0.347. The van der Waals surface area contributed by atoms with Gasteiger partial charge in [-0.2, -0.15) is 0 Å². The Balaban J connectivity index is -0.000000294. The maximum atomic E-state index is 10.2. The minimum absolute atomic E-state index is 0. The second kappa shape index (κ2) is 39.2. The van der Waals surface area contributed by atoms with Gasteiger partial charge < -0.3 is 31.6 Å². The van der Waals surface area contributed by atoms with Gasteiger partial charge in [-0.15, -0.1) is 0 Å². The zero-order valence-electron chi connectivity index (χ0n) is 19.2. The van der Waals surface area contributed by atoms with Crippen molar-refractivity contribution in [3.63, 3.8) is 0 Å². The van der Waals surface area contributed by atoms with Crippen molar-refractivity contribution in [2.75, 3.05) is 26.3 Å². The monoisotopic (exact) mass is 442 g/mol. The number of unbranched alkanes of at least 4 members (excludes halogenated alkanes) is 11. The van der Waals surface area contributed by atoms with Crippen molar-refractivity contribution < 1.29 is 71.5 Å². The molecule has 0 aliphatic rings. The minimum Gasteiger partial charge on any atom is -0.550 e. The summed E-state index contributed by atoms with van der Waals surface area (Å²) in [6, 6.07) is 0. The summed E-state index contributed by atoms with van der Waals surface area (Å²) in [5, 5.41) is 25.7. The van der Waals surface area contributed by atoms with Gasteiger partial charge in [0.15, 0.2) is 0 Å². The van der Waals surface area contributed by atoms with Crippen LogP contribution in [0, 0.1) is 0 Å². The smallest absolute Gasteiger partial charge is 0.550 e. The number of rotatable bonds is 17. The Morgan fingerprint density at radius 1 is 0.759 bits per heavy atom. The van der Waals surface area contributed by atoms with E-state index in [9.17, 15) is 9.90 Å². The molecule has 29 heavy (non-hydrogen) atoms. The summed E-state index contributed by atoms with van der Waals surface area (Å²) in [5.41, 5.74) is 9.56. The summed E-state index contributed by atoms with van der Waals surface area (Å²) in [6.45, 7) is 3.20. The second-order valence-electron chi connectivity index (χ2n) is 6.73. The molecule has 0 aromatic heterocycles. The molecule has 0 fully saturated rings. The summed E-state index contributed by atoms with van der Waals surface area (Å²) in [4.78, 5) is 10.2. The Morgan fingerprint density at radius 3 is 1.45 bits per heavy atom. The van der Waals surface area contributed by atoms with E-state index in [-0.39, 0.29) is 71.0 Å². The molecule has 0 bridgehead atoms. The molecule has 0 saturated heterocycles. The molecule has 0 unspecified atom stereocenters. The van der Waals surface area contributed by atoms with Gasteiger partial charge in [-0.3, -0.25) is 0 Å². The molecule has 0 aromatic carbocycles. The van der Waals surface area contributed by atoms with Crippen LogP contribution in [0.4, 0.5) is 0 Å². The van der Waals surface area contributed by atoms with E-state index < -0.39 is 5.97 Å². The average Bonchev–Trinajstić information content (AvgIpc) is 2.71. The van der Waals surface area contributed by atoms with Crippen LogP contribution >= 0.6 is 0 Å². The van der Waals surface area contributed by atoms with E-state index in [1.165, 1.54) is 64.2 Å². The molecular weight excluding hydrogens is 395 g/mol. The van der Waals surface area contributed by atoms with Crippen molar-refractivity contribution in [3.05, 3.63) is 12.2 Å². The van der Waals surface area contributed by atoms with E-state index in [0.717, 1.165) is 19.3 Å². The fraction of sp³-hybridized carbons (Fsp3) is 0.864. The van der Waals surface area contributed by atoms with Gasteiger partial charge in [0.1, 0.15) is 0 Å². The Kier molecular flexibility index (Phi) is 50.0. The Bertz CT molecular complexity index is 299. The van der Waals surface area contributed by atoms with Gasteiger partial charge in [-0.1, -0.05) is 70.4 Å². The second-order valence-corrected chi connectivity index (χ2v) is 6.73. The van der Waals surface area contributed by atoms with Gasteiger partial charge in [-0.25, -0.2) is 0 Å². The van der Waals surface area contributed by atoms with E-state index in [1.54, 1.807) is 0 Å². The molecule has 6 nitrogen and oxygen atoms in total. The summed E-state index contributed by atoms with van der Waals surface area (Å²) in [6.07, 6.45) is 20.9. The van der Waals surface area contributed by atoms with E-state index in [2.05, 4.69) is 19.1 Å². The fourth-order valence-electron chi connectivity index (χ4n) is 2.34. The number of aliphatic carboxylic acids is 1. The van der Waals surface area contributed by atoms with E-state index in [1.807, 2.05) is 0 Å². The first-order valence-corrected chi connectivity index (χ1v) is 11.1. The number of hydrogen-bond acceptors (Lipinski definition) is 6. The number of carboxylic acids is 1. The summed E-state index contributed by atoms with van der Waals surface area (Å²) in [5.74, 6) is -0.914. The van der Waals surface area contributed by atoms with Crippen LogP contribution in [0.25, 0.3) is 0 Å². The van der Waals surface area contributed by atoms with Crippen molar-refractivity contribution in [3.8, 4) is 0 Å². The van der Waals surface area contributed by atoms with E-state index >= 15 is 0 Å². The van der Waals surface area contributed by atoms with Crippen LogP contribution in [-0.4, -0.2) is 42.5 Å². The van der Waals surface area contributed by atoms with Crippen LogP contribution in [0.15, 0.2) is 12.2 Å². The SMILES string of the molecule is CCCCCCCC/C=C\CCCCCCCC(=O)[O-].NCCO.NCCO.[K+]. The standard InChI is InChI=1S/C18H34O2.2C2H7NO.K/c1-2-3-4-5-6-7-8-9-10-11-12-13-14-15-16-17-18(19)20;2*3-1-2-4;/h9-10H,2-8,11-17H2,1H3,(H,19,20);2*4H,1-3H2;/q;;;+1/p-1/b10-9-;;;. The molecule has 7 heteroatoms. The van der Waals surface area contributed by atoms with Gasteiger partial charge >= 0.3 is 51.4 Å². The van der Waals surface area contributed by atoms with Crippen molar-refractivity contribution in [2.45, 2.75) is 96.8 Å². The minimum atomic E-state index is -0.914. The first-order chi connectivity index (χ1) is 13.6. The topological polar surface area (TPSA) is 133 Å². The maximum absolute atomic E-state index is 10.2. The zero-order chi connectivity index (χ0) is 21.7. The molecular formula is C22H47KN2O4. The molecule has 0 heterocycles. The molecule has 0 amide bonds. The molecule has 6 N–H and O–H groups in total. The van der Waals surface area contributed by atoms with Crippen LogP contribution < -0.4 is 68.0 Å². The van der Waals surface area contributed by atoms with Crippen LogP contribution in [-0.2, 0) is 4.79 Å². The Labute approximate surface area is 222 Å². The zero-order valence-corrected chi connectivity index (χ0v) is 22.4. The first kappa shape index (κ1) is 37.0. The molecule has 0 atom stereocenters. The number of nitrogens with two attached hydrogens (primary N) is 2. The third kappa shape index (κ3) is 52.7. The first-order valence-electron chi connectivity index (χ1n) is 11.1. The van der Waals surface area contributed by atoms with Crippen molar-refractivity contribution >= 4 is 5.97 Å². The van der Waals surface area contributed by atoms with Crippen molar-refractivity contribution in [1.29, 1.82) is 0 Å². The number of carboxylic acid groups (broad SMARTS) is 1. The third-order valence-corrected chi connectivity index (χ3v) is 3.90. The van der Waals surface area contributed by atoms with Gasteiger partial charge in [0.25, 0.3) is 0 Å². The summed E-state index contributed by atoms with van der Waals surface area (Å²) in [7, 11) is 0. The number of hydrogen-bond donors (Lipinski definition) is 4. The summed E-state index contributed by atoms with van der Waals surface area (Å²) >= 11 is 0. The molecule has 0 radical (unpaired) electrons. The fourth-order valence-corrected chi connectivity index (χ4v) is 2.34. The quantitative estimate of drug-likeness (QED) is 0.138. The predicted molar refractivity (Wildman–Crippen MR) is 117 cm³/mol. The molecule has 0 spiro atoms. The van der Waals surface area contributed by atoms with Gasteiger partial charge in [0, 0.05) is 19.1 Å². The molecule has 0 saturated carbocycles. The van der Waals surface area contributed by atoms with Crippen LogP contribution in [0.5, 0.6) is 0 Å². The maximum Gasteiger partial charge on any atom is 1.00 e. The Hall–Kier alpha value is 0.686. The largest absolute Gasteiger partial charge is 1.00 e. The van der Waals surface area contributed by atoms with Gasteiger partial charge in [0.2, 0.25) is 0 Å². The number of allylic oxidation sites excluding steroid dienone is 2. The van der Waals surface area contributed by atoms with Crippen LogP contribution in [0.1, 0.15) is 96.8 Å². The number of aliphatic hydroxyl groups is 2. The van der Waals surface area contributed by atoms with E-state index in [4.69, 9.17) is 21.7 Å². The van der Waals surface area contributed by atoms with Crippen molar-refractivity contribution in [1.82, 2.24) is 0 Å². The van der Waals surface area contributed by atoms with Gasteiger partial charge in [-0.05, 0) is 38.5 Å². The summed E-state index contributed by atoms with van der Waals surface area (Å²) < 4.78 is 0.